The molecule has 0 radical (unpaired) electrons. The van der Waals surface area contributed by atoms with Crippen molar-refractivity contribution < 1.29 is 35.9 Å². The van der Waals surface area contributed by atoms with Crippen LogP contribution >= 0.6 is 0 Å². The summed E-state index contributed by atoms with van der Waals surface area (Å²) >= 11 is 0. The van der Waals surface area contributed by atoms with Crippen molar-refractivity contribution in [2.24, 2.45) is 4.99 Å². The second-order valence-corrected chi connectivity index (χ2v) is 4.29. The summed E-state index contributed by atoms with van der Waals surface area (Å²) in [5.74, 6) is -2.64. The maximum atomic E-state index is 12.9. The topological polar surface area (TPSA) is 38.7 Å². The number of carbonyl (C=O) groups is 1. The molecule has 0 N–H and O–H groups in total. The second kappa shape index (κ2) is 4.74. The van der Waals surface area contributed by atoms with Gasteiger partial charge in [-0.15, -0.1) is 0 Å². The van der Waals surface area contributed by atoms with Crippen LogP contribution in [-0.2, 0) is 9.53 Å². The molecule has 9 heteroatoms. The fourth-order valence-corrected chi connectivity index (χ4v) is 1.78. The largest absolute Gasteiger partial charge is 0.423 e. The van der Waals surface area contributed by atoms with Crippen LogP contribution in [0.15, 0.2) is 35.3 Å². The van der Waals surface area contributed by atoms with E-state index in [1.807, 2.05) is 0 Å². The highest BCUT2D eigenvalue weighted by atomic mass is 19.4. The van der Waals surface area contributed by atoms with Crippen LogP contribution in [0, 0.1) is 0 Å². The van der Waals surface area contributed by atoms with Gasteiger partial charge in [0.2, 0.25) is 5.90 Å². The van der Waals surface area contributed by atoms with E-state index >= 15 is 0 Å². The Hall–Kier alpha value is -2.06. The van der Waals surface area contributed by atoms with Crippen LogP contribution in [0.4, 0.5) is 26.3 Å². The molecule has 0 fully saturated rings. The average molecular weight is 311 g/mol. The van der Waals surface area contributed by atoms with Gasteiger partial charge in [-0.3, -0.25) is 4.79 Å². The van der Waals surface area contributed by atoms with Crippen molar-refractivity contribution in [1.82, 2.24) is 0 Å². The molecule has 0 bridgehead atoms. The number of hydrogen-bond acceptors (Lipinski definition) is 3. The number of benzene rings is 1. The first-order valence-corrected chi connectivity index (χ1v) is 5.56. The normalized spacial score (nSPS) is 19.0. The predicted molar refractivity (Wildman–Crippen MR) is 58.5 cm³/mol. The van der Waals surface area contributed by atoms with E-state index < -0.39 is 36.2 Å². The third kappa shape index (κ3) is 2.59. The third-order valence-electron chi connectivity index (χ3n) is 2.86. The fraction of sp³-hybridized carbons (Fsp3) is 0.333. The molecule has 1 aliphatic rings. The monoisotopic (exact) mass is 311 g/mol. The molecule has 3 nitrogen and oxygen atoms in total. The SMILES string of the molecule is O=C1CC(C(F)(F)F)(C(F)(F)F)N=C(c2ccccc2)O1. The van der Waals surface area contributed by atoms with Crippen molar-refractivity contribution in [2.45, 2.75) is 24.3 Å². The van der Waals surface area contributed by atoms with E-state index in [1.54, 1.807) is 0 Å². The molecule has 0 saturated heterocycles. The molecule has 21 heavy (non-hydrogen) atoms. The molecule has 0 unspecified atom stereocenters. The van der Waals surface area contributed by atoms with Crippen LogP contribution < -0.4 is 0 Å². The zero-order chi connectivity index (χ0) is 15.9. The number of alkyl halides is 6. The summed E-state index contributed by atoms with van der Waals surface area (Å²) < 4.78 is 81.9. The van der Waals surface area contributed by atoms with Gasteiger partial charge < -0.3 is 4.74 Å². The molecule has 0 aromatic heterocycles. The number of hydrogen-bond donors (Lipinski definition) is 0. The molecule has 0 aliphatic carbocycles. The number of carbonyl (C=O) groups excluding carboxylic acids is 1. The van der Waals surface area contributed by atoms with Crippen molar-refractivity contribution in [2.75, 3.05) is 0 Å². The summed E-state index contributed by atoms with van der Waals surface area (Å²) in [5, 5.41) is 0. The molecular weight excluding hydrogens is 304 g/mol. The van der Waals surface area contributed by atoms with E-state index in [4.69, 9.17) is 0 Å². The van der Waals surface area contributed by atoms with Gasteiger partial charge >= 0.3 is 18.3 Å². The van der Waals surface area contributed by atoms with E-state index in [9.17, 15) is 31.1 Å². The molecule has 0 saturated carbocycles. The molecule has 1 heterocycles. The molecular formula is C12H7F6NO2. The number of ether oxygens (including phenoxy) is 1. The van der Waals surface area contributed by atoms with Gasteiger partial charge in [0, 0.05) is 5.56 Å². The van der Waals surface area contributed by atoms with E-state index in [2.05, 4.69) is 9.73 Å². The Bertz CT molecular complexity index is 562. The number of esters is 1. The fourth-order valence-electron chi connectivity index (χ4n) is 1.78. The Morgan fingerprint density at radius 1 is 1.00 bits per heavy atom. The standard InChI is InChI=1S/C12H7F6NO2/c13-11(14,15)10(12(16,17)18)6-8(20)21-9(19-10)7-4-2-1-3-5-7/h1-5H,6H2. The van der Waals surface area contributed by atoms with E-state index in [0.717, 1.165) is 0 Å². The highest BCUT2D eigenvalue weighted by Crippen LogP contribution is 2.50. The molecule has 2 rings (SSSR count). The molecule has 114 valence electrons. The van der Waals surface area contributed by atoms with Gasteiger partial charge in [0.15, 0.2) is 0 Å². The molecule has 0 spiro atoms. The minimum Gasteiger partial charge on any atom is -0.407 e. The van der Waals surface area contributed by atoms with Gasteiger partial charge in [-0.1, -0.05) is 18.2 Å². The lowest BCUT2D eigenvalue weighted by atomic mass is 9.93. The minimum absolute atomic E-state index is 0.150. The summed E-state index contributed by atoms with van der Waals surface area (Å²) in [7, 11) is 0. The van der Waals surface area contributed by atoms with Crippen molar-refractivity contribution in [1.29, 1.82) is 0 Å². The summed E-state index contributed by atoms with van der Waals surface area (Å²) in [5.41, 5.74) is -4.64. The average Bonchev–Trinajstić information content (AvgIpc) is 2.36. The first kappa shape index (κ1) is 15.3. The van der Waals surface area contributed by atoms with Gasteiger partial charge in [-0.2, -0.15) is 26.3 Å². The van der Waals surface area contributed by atoms with Crippen molar-refractivity contribution in [3.05, 3.63) is 35.9 Å². The molecule has 1 aromatic rings. The predicted octanol–water partition coefficient (Wildman–Crippen LogP) is 3.24. The zero-order valence-electron chi connectivity index (χ0n) is 10.1. The highest BCUT2D eigenvalue weighted by molar-refractivity contribution is 6.02. The maximum absolute atomic E-state index is 12.9. The van der Waals surface area contributed by atoms with Gasteiger partial charge in [0.25, 0.3) is 5.54 Å². The summed E-state index contributed by atoms with van der Waals surface area (Å²) in [6.45, 7) is 0. The Morgan fingerprint density at radius 3 is 2.00 bits per heavy atom. The smallest absolute Gasteiger partial charge is 0.407 e. The minimum atomic E-state index is -5.77. The Labute approximate surface area is 114 Å². The second-order valence-electron chi connectivity index (χ2n) is 4.29. The van der Waals surface area contributed by atoms with Crippen LogP contribution in [0.1, 0.15) is 12.0 Å². The first-order chi connectivity index (χ1) is 9.57. The number of cyclic esters (lactones) is 1. The van der Waals surface area contributed by atoms with E-state index in [0.29, 0.717) is 0 Å². The molecule has 0 atom stereocenters. The summed E-state index contributed by atoms with van der Waals surface area (Å²) in [4.78, 5) is 14.0. The Balaban J connectivity index is 2.63. The maximum Gasteiger partial charge on any atom is 0.423 e. The van der Waals surface area contributed by atoms with Crippen molar-refractivity contribution >= 4 is 11.9 Å². The lowest BCUT2D eigenvalue weighted by molar-refractivity contribution is -0.298. The van der Waals surface area contributed by atoms with Crippen LogP contribution in [0.5, 0.6) is 0 Å². The highest BCUT2D eigenvalue weighted by Gasteiger charge is 2.73. The van der Waals surface area contributed by atoms with Crippen LogP contribution in [0.25, 0.3) is 0 Å². The van der Waals surface area contributed by atoms with Crippen molar-refractivity contribution in [3.63, 3.8) is 0 Å². The number of aliphatic imine (C=N–C) groups is 1. The van der Waals surface area contributed by atoms with Crippen LogP contribution in [0.2, 0.25) is 0 Å². The quantitative estimate of drug-likeness (QED) is 0.590. The Morgan fingerprint density at radius 2 is 1.52 bits per heavy atom. The lowest BCUT2D eigenvalue weighted by Gasteiger charge is -2.35. The van der Waals surface area contributed by atoms with E-state index in [1.165, 1.54) is 30.3 Å². The number of rotatable bonds is 1. The lowest BCUT2D eigenvalue weighted by Crippen LogP contribution is -2.59. The molecule has 1 aromatic carbocycles. The van der Waals surface area contributed by atoms with E-state index in [-0.39, 0.29) is 5.56 Å². The number of halogens is 6. The van der Waals surface area contributed by atoms with Gasteiger partial charge in [-0.05, 0) is 12.1 Å². The van der Waals surface area contributed by atoms with Crippen LogP contribution in [0.3, 0.4) is 0 Å². The van der Waals surface area contributed by atoms with Crippen LogP contribution in [-0.4, -0.2) is 29.8 Å². The van der Waals surface area contributed by atoms with Gasteiger partial charge in [0.05, 0.1) is 6.42 Å². The van der Waals surface area contributed by atoms with Gasteiger partial charge in [-0.25, -0.2) is 4.99 Å². The van der Waals surface area contributed by atoms with Gasteiger partial charge in [0.1, 0.15) is 0 Å². The number of nitrogens with zero attached hydrogens (tertiary/aromatic N) is 1. The third-order valence-corrected chi connectivity index (χ3v) is 2.86. The summed E-state index contributed by atoms with van der Waals surface area (Å²) in [6.07, 6.45) is -13.5. The zero-order valence-corrected chi connectivity index (χ0v) is 10.1. The first-order valence-electron chi connectivity index (χ1n) is 5.56. The van der Waals surface area contributed by atoms with Crippen molar-refractivity contribution in [3.8, 4) is 0 Å². The Kier molecular flexibility index (Phi) is 3.46. The molecule has 0 amide bonds. The summed E-state index contributed by atoms with van der Waals surface area (Å²) in [6, 6.07) is 6.60. The molecule has 1 aliphatic heterocycles.